The highest BCUT2D eigenvalue weighted by Gasteiger charge is 2.10. The molecule has 29 heavy (non-hydrogen) atoms. The van der Waals surface area contributed by atoms with Gasteiger partial charge >= 0.3 is 0 Å². The van der Waals surface area contributed by atoms with Crippen LogP contribution in [0, 0.1) is 24.6 Å². The van der Waals surface area contributed by atoms with Crippen LogP contribution in [0.25, 0.3) is 10.2 Å². The van der Waals surface area contributed by atoms with Crippen LogP contribution in [0.1, 0.15) is 16.1 Å². The monoisotopic (exact) mass is 431 g/mol. The number of anilines is 1. The van der Waals surface area contributed by atoms with Crippen molar-refractivity contribution in [3.05, 3.63) is 64.3 Å². The first-order valence-corrected chi connectivity index (χ1v) is 10.9. The molecule has 0 bridgehead atoms. The van der Waals surface area contributed by atoms with Crippen LogP contribution in [0.3, 0.4) is 0 Å². The lowest BCUT2D eigenvalue weighted by Gasteiger charge is -2.09. The zero-order chi connectivity index (χ0) is 21.0. The van der Waals surface area contributed by atoms with E-state index < -0.39 is 15.8 Å². The smallest absolute Gasteiger partial charge is 0.233 e. The summed E-state index contributed by atoms with van der Waals surface area (Å²) < 4.78 is 40.4. The quantitative estimate of drug-likeness (QED) is 0.520. The Kier molecular flexibility index (Phi) is 6.17. The number of aryl methyl sites for hydroxylation is 1. The van der Waals surface area contributed by atoms with Gasteiger partial charge in [-0.15, -0.1) is 11.3 Å². The first-order chi connectivity index (χ1) is 13.8. The molecule has 6 nitrogen and oxygen atoms in total. The van der Waals surface area contributed by atoms with E-state index in [2.05, 4.69) is 33.4 Å². The van der Waals surface area contributed by atoms with Gasteiger partial charge in [0, 0.05) is 23.1 Å². The van der Waals surface area contributed by atoms with Crippen LogP contribution in [0.2, 0.25) is 0 Å². The second-order valence-electron chi connectivity index (χ2n) is 6.04. The summed E-state index contributed by atoms with van der Waals surface area (Å²) in [6, 6.07) is 8.04. The lowest BCUT2D eigenvalue weighted by atomic mass is 10.2. The molecule has 9 heteroatoms. The molecule has 0 aliphatic carbocycles. The number of nitrogens with one attached hydrogen (secondary N) is 2. The number of phenols is 1. The highest BCUT2D eigenvalue weighted by molar-refractivity contribution is 7.92. The Bertz CT molecular complexity index is 1240. The standard InChI is InChI=1S/C20H18FN3O3S2/c1-3-29(26,27)23-12-15-7-4-8-16(19(15)21)22-9-5-6-14-10-17(25)20-18(11-14)28-13(2)24-20/h3-4,7-8,10-11,22-23,25H,1,9,12H2,2H3. The largest absolute Gasteiger partial charge is 0.506 e. The van der Waals surface area contributed by atoms with Gasteiger partial charge in [-0.2, -0.15) is 0 Å². The van der Waals surface area contributed by atoms with Gasteiger partial charge in [0.15, 0.2) is 5.82 Å². The van der Waals surface area contributed by atoms with Gasteiger partial charge in [-0.3, -0.25) is 0 Å². The van der Waals surface area contributed by atoms with Crippen molar-refractivity contribution in [3.8, 4) is 17.6 Å². The maximum atomic E-state index is 14.5. The molecule has 0 unspecified atom stereocenters. The summed E-state index contributed by atoms with van der Waals surface area (Å²) in [4.78, 5) is 4.26. The average Bonchev–Trinajstić information content (AvgIpc) is 3.06. The molecule has 3 aromatic rings. The molecule has 1 heterocycles. The van der Waals surface area contributed by atoms with Crippen LogP contribution in [0.5, 0.6) is 5.75 Å². The van der Waals surface area contributed by atoms with Crippen molar-refractivity contribution in [2.24, 2.45) is 0 Å². The molecule has 0 amide bonds. The summed E-state index contributed by atoms with van der Waals surface area (Å²) in [7, 11) is -3.64. The predicted molar refractivity (Wildman–Crippen MR) is 114 cm³/mol. The second-order valence-corrected chi connectivity index (χ2v) is 8.99. The van der Waals surface area contributed by atoms with Crippen LogP contribution in [-0.4, -0.2) is 25.1 Å². The average molecular weight is 432 g/mol. The van der Waals surface area contributed by atoms with Crippen molar-refractivity contribution in [2.45, 2.75) is 13.5 Å². The van der Waals surface area contributed by atoms with E-state index in [1.54, 1.807) is 18.2 Å². The number of fused-ring (bicyclic) bond motifs is 1. The molecular formula is C20H18FN3O3S2. The van der Waals surface area contributed by atoms with Crippen LogP contribution in [0.4, 0.5) is 10.1 Å². The van der Waals surface area contributed by atoms with Crippen molar-refractivity contribution in [3.63, 3.8) is 0 Å². The van der Waals surface area contributed by atoms with Gasteiger partial charge < -0.3 is 10.4 Å². The third-order valence-corrected chi connectivity index (χ3v) is 5.85. The zero-order valence-corrected chi connectivity index (χ0v) is 17.1. The van der Waals surface area contributed by atoms with E-state index in [1.807, 2.05) is 13.0 Å². The molecule has 3 rings (SSSR count). The van der Waals surface area contributed by atoms with Gasteiger partial charge in [-0.1, -0.05) is 30.6 Å². The van der Waals surface area contributed by atoms with E-state index >= 15 is 0 Å². The van der Waals surface area contributed by atoms with Gasteiger partial charge in [-0.05, 0) is 25.1 Å². The minimum absolute atomic E-state index is 0.0739. The Balaban J connectivity index is 1.68. The summed E-state index contributed by atoms with van der Waals surface area (Å²) >= 11 is 1.47. The van der Waals surface area contributed by atoms with Gasteiger partial charge in [0.2, 0.25) is 10.0 Å². The normalized spacial score (nSPS) is 11.1. The molecule has 150 valence electrons. The number of sulfonamides is 1. The van der Waals surface area contributed by atoms with Crippen LogP contribution < -0.4 is 10.0 Å². The van der Waals surface area contributed by atoms with Crippen LogP contribution >= 0.6 is 11.3 Å². The second kappa shape index (κ2) is 8.61. The molecule has 1 aromatic heterocycles. The number of thiazole rings is 1. The fourth-order valence-corrected chi connectivity index (χ4v) is 3.93. The highest BCUT2D eigenvalue weighted by atomic mass is 32.2. The SMILES string of the molecule is C=CS(=O)(=O)NCc1cccc(NCC#Cc2cc(O)c3nc(C)sc3c2)c1F. The lowest BCUT2D eigenvalue weighted by molar-refractivity contribution is 0.480. The van der Waals surface area contributed by atoms with Crippen LogP contribution in [0.15, 0.2) is 42.3 Å². The molecule has 3 N–H and O–H groups in total. The number of hydrogen-bond acceptors (Lipinski definition) is 6. The van der Waals surface area contributed by atoms with E-state index in [1.165, 1.54) is 17.4 Å². The fraction of sp³-hybridized carbons (Fsp3) is 0.150. The molecular weight excluding hydrogens is 413 g/mol. The van der Waals surface area contributed by atoms with Gasteiger partial charge in [-0.25, -0.2) is 22.5 Å². The Labute approximate surface area is 172 Å². The topological polar surface area (TPSA) is 91.3 Å². The number of nitrogens with zero attached hydrogens (tertiary/aromatic N) is 1. The molecule has 0 aliphatic rings. The number of hydrogen-bond donors (Lipinski definition) is 3. The number of phenolic OH excluding ortho intramolecular Hbond substituents is 1. The maximum Gasteiger partial charge on any atom is 0.233 e. The van der Waals surface area contributed by atoms with Crippen molar-refractivity contribution >= 4 is 37.3 Å². The fourth-order valence-electron chi connectivity index (χ4n) is 2.57. The first-order valence-electron chi connectivity index (χ1n) is 8.51. The van der Waals surface area contributed by atoms with Crippen LogP contribution in [-0.2, 0) is 16.6 Å². The molecule has 0 saturated heterocycles. The molecule has 0 fully saturated rings. The van der Waals surface area contributed by atoms with Crippen molar-refractivity contribution in [2.75, 3.05) is 11.9 Å². The Hall–Kier alpha value is -2.93. The molecule has 2 aromatic carbocycles. The summed E-state index contributed by atoms with van der Waals surface area (Å²) in [5, 5.41) is 14.5. The number of aromatic nitrogens is 1. The molecule has 0 atom stereocenters. The van der Waals surface area contributed by atoms with E-state index in [4.69, 9.17) is 0 Å². The summed E-state index contributed by atoms with van der Waals surface area (Å²) in [5.41, 5.74) is 1.60. The van der Waals surface area contributed by atoms with Gasteiger partial charge in [0.1, 0.15) is 11.3 Å². The molecule has 0 radical (unpaired) electrons. The molecule has 0 saturated carbocycles. The molecule has 0 aliphatic heterocycles. The number of halogens is 1. The minimum Gasteiger partial charge on any atom is -0.506 e. The minimum atomic E-state index is -3.64. The van der Waals surface area contributed by atoms with Crippen molar-refractivity contribution in [1.82, 2.24) is 9.71 Å². The number of benzene rings is 2. The summed E-state index contributed by atoms with van der Waals surface area (Å²) in [6.07, 6.45) is 0. The lowest BCUT2D eigenvalue weighted by Crippen LogP contribution is -2.21. The third-order valence-electron chi connectivity index (χ3n) is 3.94. The van der Waals surface area contributed by atoms with E-state index in [0.29, 0.717) is 11.1 Å². The Morgan fingerprint density at radius 2 is 2.17 bits per heavy atom. The number of aromatic hydroxyl groups is 1. The Morgan fingerprint density at radius 3 is 2.93 bits per heavy atom. The van der Waals surface area contributed by atoms with E-state index in [0.717, 1.165) is 15.1 Å². The third kappa shape index (κ3) is 5.12. The first kappa shape index (κ1) is 20.8. The van der Waals surface area contributed by atoms with Gasteiger partial charge in [0.25, 0.3) is 0 Å². The van der Waals surface area contributed by atoms with E-state index in [-0.39, 0.29) is 30.1 Å². The number of rotatable bonds is 6. The highest BCUT2D eigenvalue weighted by Crippen LogP contribution is 2.30. The zero-order valence-electron chi connectivity index (χ0n) is 15.5. The predicted octanol–water partition coefficient (Wildman–Crippen LogP) is 3.48. The van der Waals surface area contributed by atoms with E-state index in [9.17, 15) is 17.9 Å². The van der Waals surface area contributed by atoms with Crippen molar-refractivity contribution < 1.29 is 17.9 Å². The molecule has 0 spiro atoms. The maximum absolute atomic E-state index is 14.5. The Morgan fingerprint density at radius 1 is 1.38 bits per heavy atom. The summed E-state index contributed by atoms with van der Waals surface area (Å²) in [6.45, 7) is 5.04. The summed E-state index contributed by atoms with van der Waals surface area (Å²) in [5.74, 6) is 5.33. The van der Waals surface area contributed by atoms with Gasteiger partial charge in [0.05, 0.1) is 21.9 Å². The van der Waals surface area contributed by atoms with Crippen molar-refractivity contribution in [1.29, 1.82) is 0 Å².